The van der Waals surface area contributed by atoms with Crippen LogP contribution in [-0.4, -0.2) is 17.4 Å². The summed E-state index contributed by atoms with van der Waals surface area (Å²) in [5, 5.41) is 0. The Morgan fingerprint density at radius 3 is 1.00 bits per heavy atom. The normalized spacial score (nSPS) is 0. The molecule has 0 unspecified atom stereocenters. The summed E-state index contributed by atoms with van der Waals surface area (Å²) in [6.45, 7) is 0. The van der Waals surface area contributed by atoms with Crippen molar-refractivity contribution in [3.63, 3.8) is 0 Å². The summed E-state index contributed by atoms with van der Waals surface area (Å²) < 4.78 is 0. The number of hydrogen-bond acceptors (Lipinski definition) is 0. The van der Waals surface area contributed by atoms with Crippen LogP contribution in [0.1, 0.15) is 0 Å². The minimum Gasteiger partial charge on any atom is 0 e. The summed E-state index contributed by atoms with van der Waals surface area (Å²) in [7, 11) is 0. The van der Waals surface area contributed by atoms with Crippen LogP contribution in [-0.2, 0) is 33.3 Å². The molecule has 4 heteroatoms. The monoisotopic (exact) mass is 289 g/mol. The summed E-state index contributed by atoms with van der Waals surface area (Å²) in [6, 6.07) is 0. The van der Waals surface area contributed by atoms with Crippen molar-refractivity contribution in [1.29, 1.82) is 0 Å². The first-order valence-electron chi connectivity index (χ1n) is 0. The van der Waals surface area contributed by atoms with Crippen molar-refractivity contribution in [2.24, 2.45) is 0 Å². The van der Waals surface area contributed by atoms with Crippen LogP contribution in [0.3, 0.4) is 0 Å². The molecule has 0 aliphatic heterocycles. The third kappa shape index (κ3) is 8.86. The van der Waals surface area contributed by atoms with E-state index < -0.39 is 0 Å². The molecule has 0 aromatic heterocycles. The van der Waals surface area contributed by atoms with E-state index in [0.717, 1.165) is 0 Å². The quantitative estimate of drug-likeness (QED) is 0.493. The van der Waals surface area contributed by atoms with Crippen LogP contribution >= 0.6 is 0 Å². The summed E-state index contributed by atoms with van der Waals surface area (Å²) in [6.07, 6.45) is 0. The van der Waals surface area contributed by atoms with Crippen LogP contribution in [0.15, 0.2) is 0 Å². The molecule has 0 nitrogen and oxygen atoms in total. The van der Waals surface area contributed by atoms with E-state index in [1.807, 2.05) is 0 Å². The smallest absolute Gasteiger partial charge is 0 e. The van der Waals surface area contributed by atoms with E-state index >= 15 is 0 Å². The van der Waals surface area contributed by atoms with Gasteiger partial charge >= 0.3 is 0 Å². The first-order valence-corrected chi connectivity index (χ1v) is 0. The average molecular weight is 292 g/mol. The molecule has 0 bridgehead atoms. The Hall–Kier alpha value is 2.88. The molecule has 0 aliphatic rings. The molecule has 0 amide bonds. The minimum atomic E-state index is 0. The maximum absolute atomic E-state index is 0. The molecule has 1 radical (unpaired) electrons. The van der Waals surface area contributed by atoms with E-state index in [9.17, 15) is 0 Å². The topological polar surface area (TPSA) is 0 Å². The van der Waals surface area contributed by atoms with E-state index in [1.54, 1.807) is 0 Å². The SMILES string of the molecule is [AlH3].[Co].[Nd].[Ni]. The van der Waals surface area contributed by atoms with E-state index in [4.69, 9.17) is 0 Å². The Labute approximate surface area is 89.6 Å². The summed E-state index contributed by atoms with van der Waals surface area (Å²) in [5.74, 6) is 0. The first kappa shape index (κ1) is 28.7. The van der Waals surface area contributed by atoms with Crippen LogP contribution in [0.25, 0.3) is 0 Å². The van der Waals surface area contributed by atoms with Crippen LogP contribution in [0, 0.1) is 40.8 Å². The van der Waals surface area contributed by atoms with E-state index in [0.29, 0.717) is 0 Å². The molecule has 29 valence electrons. The van der Waals surface area contributed by atoms with Gasteiger partial charge < -0.3 is 0 Å². The third-order valence-corrected chi connectivity index (χ3v) is 0. The van der Waals surface area contributed by atoms with Gasteiger partial charge in [0.05, 0.1) is 0 Å². The predicted octanol–water partition coefficient (Wildman–Crippen LogP) is -1.19. The largest absolute Gasteiger partial charge is 0.187 e. The van der Waals surface area contributed by atoms with Crippen molar-refractivity contribution >= 4 is 17.4 Å². The van der Waals surface area contributed by atoms with Crippen molar-refractivity contribution in [2.45, 2.75) is 0 Å². The van der Waals surface area contributed by atoms with Gasteiger partial charge in [0, 0.05) is 74.1 Å². The van der Waals surface area contributed by atoms with Gasteiger partial charge in [0.15, 0.2) is 17.4 Å². The fourth-order valence-electron chi connectivity index (χ4n) is 0. The molecule has 0 heterocycles. The molecule has 0 N–H and O–H groups in total. The van der Waals surface area contributed by atoms with Gasteiger partial charge in [0.1, 0.15) is 0 Å². The fourth-order valence-corrected chi connectivity index (χ4v) is 0. The molecule has 4 heavy (non-hydrogen) atoms. The molecule has 0 aliphatic carbocycles. The average Bonchev–Trinajstić information content (AvgIpc) is 0. The molecule has 0 saturated carbocycles. The van der Waals surface area contributed by atoms with Crippen molar-refractivity contribution < 1.29 is 74.1 Å². The maximum Gasteiger partial charge on any atom is 0.187 e. The Bertz CT molecular complexity index is 8.00. The predicted molar refractivity (Wildman–Crippen MR) is 9.94 cm³/mol. The van der Waals surface area contributed by atoms with Crippen molar-refractivity contribution in [3.05, 3.63) is 0 Å². The summed E-state index contributed by atoms with van der Waals surface area (Å²) >= 11 is 0. The minimum absolute atomic E-state index is 0. The molecule has 0 rings (SSSR count). The second kappa shape index (κ2) is 16.9. The molecule has 0 spiro atoms. The Kier molecular flexibility index (Phi) is 121. The Morgan fingerprint density at radius 1 is 1.00 bits per heavy atom. The molecule has 0 aromatic carbocycles. The molecule has 0 fully saturated rings. The molecular weight excluding hydrogens is 289 g/mol. The molecule has 0 atom stereocenters. The standard InChI is InChI=1S/Al.Co.Nd.Ni.3H. The van der Waals surface area contributed by atoms with E-state index in [2.05, 4.69) is 0 Å². The summed E-state index contributed by atoms with van der Waals surface area (Å²) in [4.78, 5) is 0. The molecule has 0 saturated heterocycles. The fraction of sp³-hybridized carbons (Fsp3) is 0. The number of hydrogen-bond donors (Lipinski definition) is 0. The van der Waals surface area contributed by atoms with Crippen molar-refractivity contribution in [1.82, 2.24) is 0 Å². The van der Waals surface area contributed by atoms with Gasteiger partial charge in [-0.25, -0.2) is 0 Å². The van der Waals surface area contributed by atoms with Crippen LogP contribution in [0.5, 0.6) is 0 Å². The Morgan fingerprint density at radius 2 is 1.00 bits per heavy atom. The van der Waals surface area contributed by atoms with Gasteiger partial charge in [-0.05, 0) is 0 Å². The summed E-state index contributed by atoms with van der Waals surface area (Å²) in [5.41, 5.74) is 0. The van der Waals surface area contributed by atoms with Gasteiger partial charge in [-0.15, -0.1) is 0 Å². The van der Waals surface area contributed by atoms with Crippen LogP contribution < -0.4 is 0 Å². The second-order valence-electron chi connectivity index (χ2n) is 0. The zero-order chi connectivity index (χ0) is 0. The molecular formula is H3AlCoNdNi. The zero-order valence-corrected chi connectivity index (χ0v) is 6.39. The molecule has 0 aromatic rings. The van der Waals surface area contributed by atoms with Gasteiger partial charge in [0.2, 0.25) is 0 Å². The van der Waals surface area contributed by atoms with Crippen LogP contribution in [0.2, 0.25) is 0 Å². The zero-order valence-electron chi connectivity index (χ0n) is 1.15. The van der Waals surface area contributed by atoms with Crippen LogP contribution in [0.4, 0.5) is 0 Å². The van der Waals surface area contributed by atoms with Gasteiger partial charge in [-0.1, -0.05) is 0 Å². The number of rotatable bonds is 0. The van der Waals surface area contributed by atoms with Crippen molar-refractivity contribution in [3.8, 4) is 0 Å². The second-order valence-corrected chi connectivity index (χ2v) is 0. The Balaban J connectivity index is 0. The van der Waals surface area contributed by atoms with E-state index in [-0.39, 0.29) is 91.5 Å². The van der Waals surface area contributed by atoms with Gasteiger partial charge in [-0.3, -0.25) is 0 Å². The third-order valence-electron chi connectivity index (χ3n) is 0. The van der Waals surface area contributed by atoms with Crippen molar-refractivity contribution in [2.75, 3.05) is 0 Å². The van der Waals surface area contributed by atoms with Gasteiger partial charge in [-0.2, -0.15) is 0 Å². The maximum atomic E-state index is 0. The van der Waals surface area contributed by atoms with Gasteiger partial charge in [0.25, 0.3) is 0 Å². The van der Waals surface area contributed by atoms with E-state index in [1.165, 1.54) is 0 Å². The first-order chi connectivity index (χ1) is 0.